The molecule has 1 aliphatic heterocycles. The van der Waals surface area contributed by atoms with Gasteiger partial charge in [0.2, 0.25) is 0 Å². The number of hydrogen-bond acceptors (Lipinski definition) is 6. The molecule has 2 aromatic carbocycles. The normalized spacial score (nSPS) is 14.1. The quantitative estimate of drug-likeness (QED) is 0.257. The van der Waals surface area contributed by atoms with Crippen LogP contribution in [0.15, 0.2) is 85.5 Å². The number of fused-ring (bicyclic) bond motifs is 1. The number of nitriles is 1. The van der Waals surface area contributed by atoms with Crippen LogP contribution in [0, 0.1) is 18.3 Å². The van der Waals surface area contributed by atoms with E-state index in [1.807, 2.05) is 36.7 Å². The van der Waals surface area contributed by atoms with Crippen LogP contribution in [0.4, 0.5) is 17.2 Å². The van der Waals surface area contributed by atoms with Crippen LogP contribution < -0.4 is 10.2 Å². The SMILES string of the molecule is Cc1c(Nc2c(C#N)cncc2/C=C/c2ccc(CN3CCN(c4ccccn4)CC3)cc2)ccc2[nH]ccc12. The first-order valence-electron chi connectivity index (χ1n) is 13.5. The summed E-state index contributed by atoms with van der Waals surface area (Å²) >= 11 is 0. The first-order chi connectivity index (χ1) is 19.7. The van der Waals surface area contributed by atoms with Gasteiger partial charge in [0.25, 0.3) is 0 Å². The predicted molar refractivity (Wildman–Crippen MR) is 162 cm³/mol. The Morgan fingerprint density at radius 2 is 1.82 bits per heavy atom. The number of nitrogens with zero attached hydrogens (tertiary/aromatic N) is 5. The first kappa shape index (κ1) is 25.4. The average molecular weight is 526 g/mol. The maximum atomic E-state index is 9.78. The summed E-state index contributed by atoms with van der Waals surface area (Å²) in [4.78, 5) is 16.9. The fourth-order valence-electron chi connectivity index (χ4n) is 5.24. The fourth-order valence-corrected chi connectivity index (χ4v) is 5.24. The molecule has 2 N–H and O–H groups in total. The van der Waals surface area contributed by atoms with Gasteiger partial charge in [-0.15, -0.1) is 0 Å². The number of hydrogen-bond donors (Lipinski definition) is 2. The van der Waals surface area contributed by atoms with Crippen LogP contribution in [-0.2, 0) is 6.54 Å². The number of nitrogens with one attached hydrogen (secondary N) is 2. The fraction of sp³-hybridized carbons (Fsp3) is 0.182. The molecule has 0 spiro atoms. The molecule has 40 heavy (non-hydrogen) atoms. The number of anilines is 3. The lowest BCUT2D eigenvalue weighted by Crippen LogP contribution is -2.46. The number of H-pyrrole nitrogens is 1. The summed E-state index contributed by atoms with van der Waals surface area (Å²) in [7, 11) is 0. The van der Waals surface area contributed by atoms with Crippen molar-refractivity contribution in [1.29, 1.82) is 5.26 Å². The summed E-state index contributed by atoms with van der Waals surface area (Å²) in [6, 6.07) is 23.2. The predicted octanol–water partition coefficient (Wildman–Crippen LogP) is 6.37. The zero-order valence-corrected chi connectivity index (χ0v) is 22.5. The summed E-state index contributed by atoms with van der Waals surface area (Å²) in [5.41, 5.74) is 7.72. The summed E-state index contributed by atoms with van der Waals surface area (Å²) in [6.07, 6.45) is 11.3. The first-order valence-corrected chi connectivity index (χ1v) is 13.5. The molecule has 0 atom stereocenters. The van der Waals surface area contributed by atoms with E-state index in [1.54, 1.807) is 12.4 Å². The van der Waals surface area contributed by atoms with Crippen molar-refractivity contribution < 1.29 is 0 Å². The Morgan fingerprint density at radius 1 is 0.975 bits per heavy atom. The Bertz CT molecular complexity index is 1670. The van der Waals surface area contributed by atoms with Crippen molar-refractivity contribution in [1.82, 2.24) is 19.9 Å². The second kappa shape index (κ2) is 11.4. The number of benzene rings is 2. The van der Waals surface area contributed by atoms with E-state index >= 15 is 0 Å². The van der Waals surface area contributed by atoms with E-state index in [2.05, 4.69) is 91.6 Å². The molecule has 4 heterocycles. The molecule has 7 nitrogen and oxygen atoms in total. The van der Waals surface area contributed by atoms with Crippen LogP contribution in [0.3, 0.4) is 0 Å². The summed E-state index contributed by atoms with van der Waals surface area (Å²) in [6.45, 7) is 7.04. The monoisotopic (exact) mass is 525 g/mol. The Balaban J connectivity index is 1.13. The molecule has 0 radical (unpaired) electrons. The zero-order chi connectivity index (χ0) is 27.3. The van der Waals surface area contributed by atoms with E-state index in [0.29, 0.717) is 5.56 Å². The highest BCUT2D eigenvalue weighted by molar-refractivity contribution is 5.90. The van der Waals surface area contributed by atoms with Crippen molar-refractivity contribution in [3.8, 4) is 6.07 Å². The molecule has 5 aromatic rings. The van der Waals surface area contributed by atoms with Gasteiger partial charge in [0, 0.05) is 79.7 Å². The number of pyridine rings is 2. The van der Waals surface area contributed by atoms with Gasteiger partial charge in [-0.2, -0.15) is 5.26 Å². The van der Waals surface area contributed by atoms with Gasteiger partial charge in [-0.05, 0) is 53.9 Å². The molecule has 0 aliphatic carbocycles. The highest BCUT2D eigenvalue weighted by Gasteiger charge is 2.18. The number of piperazine rings is 1. The minimum atomic E-state index is 0.509. The van der Waals surface area contributed by atoms with Crippen molar-refractivity contribution in [2.75, 3.05) is 36.4 Å². The minimum absolute atomic E-state index is 0.509. The molecule has 0 amide bonds. The lowest BCUT2D eigenvalue weighted by Gasteiger charge is -2.35. The molecule has 0 bridgehead atoms. The van der Waals surface area contributed by atoms with Crippen molar-refractivity contribution in [2.24, 2.45) is 0 Å². The molecular weight excluding hydrogens is 494 g/mol. The van der Waals surface area contributed by atoms with Gasteiger partial charge in [-0.1, -0.05) is 42.5 Å². The zero-order valence-electron chi connectivity index (χ0n) is 22.5. The Morgan fingerprint density at radius 3 is 2.60 bits per heavy atom. The van der Waals surface area contributed by atoms with Crippen LogP contribution in [0.5, 0.6) is 0 Å². The van der Waals surface area contributed by atoms with Gasteiger partial charge in [0.05, 0.1) is 11.3 Å². The van der Waals surface area contributed by atoms with Crippen LogP contribution in [0.1, 0.15) is 27.8 Å². The van der Waals surface area contributed by atoms with Gasteiger partial charge in [-0.3, -0.25) is 9.88 Å². The standard InChI is InChI=1S/C33H31N7/c1-24-29-13-15-36-31(29)12-11-30(24)38-33-27(21-35-22-28(33)20-34)10-9-25-5-7-26(8-6-25)23-39-16-18-40(19-17-39)32-4-2-3-14-37-32/h2-15,21-22,36H,16-19,23H2,1H3,(H,35,38)/b10-9+. The lowest BCUT2D eigenvalue weighted by molar-refractivity contribution is 0.249. The van der Waals surface area contributed by atoms with Gasteiger partial charge < -0.3 is 15.2 Å². The number of rotatable bonds is 7. The van der Waals surface area contributed by atoms with E-state index in [0.717, 1.165) is 77.5 Å². The molecular formula is C33H31N7. The number of aryl methyl sites for hydroxylation is 1. The Hall–Kier alpha value is -4.93. The van der Waals surface area contributed by atoms with E-state index in [1.165, 1.54) is 5.56 Å². The van der Waals surface area contributed by atoms with Crippen molar-refractivity contribution in [2.45, 2.75) is 13.5 Å². The maximum absolute atomic E-state index is 9.78. The molecule has 198 valence electrons. The van der Waals surface area contributed by atoms with Gasteiger partial charge in [0.15, 0.2) is 0 Å². The largest absolute Gasteiger partial charge is 0.361 e. The molecule has 6 rings (SSSR count). The second-order valence-corrected chi connectivity index (χ2v) is 10.1. The highest BCUT2D eigenvalue weighted by Crippen LogP contribution is 2.31. The second-order valence-electron chi connectivity index (χ2n) is 10.1. The van der Waals surface area contributed by atoms with Gasteiger partial charge >= 0.3 is 0 Å². The number of aromatic nitrogens is 3. The van der Waals surface area contributed by atoms with Crippen LogP contribution in [0.2, 0.25) is 0 Å². The van der Waals surface area contributed by atoms with Crippen molar-refractivity contribution in [3.05, 3.63) is 113 Å². The van der Waals surface area contributed by atoms with Gasteiger partial charge in [0.1, 0.15) is 11.9 Å². The highest BCUT2D eigenvalue weighted by atomic mass is 15.3. The van der Waals surface area contributed by atoms with Crippen molar-refractivity contribution >= 4 is 40.2 Å². The van der Waals surface area contributed by atoms with Crippen LogP contribution >= 0.6 is 0 Å². The summed E-state index contributed by atoms with van der Waals surface area (Å²) < 4.78 is 0. The molecule has 0 unspecified atom stereocenters. The molecule has 7 heteroatoms. The third-order valence-electron chi connectivity index (χ3n) is 7.55. The van der Waals surface area contributed by atoms with E-state index in [4.69, 9.17) is 0 Å². The Kier molecular flexibility index (Phi) is 7.25. The molecule has 0 saturated carbocycles. The lowest BCUT2D eigenvalue weighted by atomic mass is 10.1. The molecule has 1 fully saturated rings. The van der Waals surface area contributed by atoms with E-state index in [9.17, 15) is 5.26 Å². The Labute approximate surface area is 234 Å². The summed E-state index contributed by atoms with van der Waals surface area (Å²) in [5, 5.41) is 14.4. The third-order valence-corrected chi connectivity index (χ3v) is 7.55. The molecule has 1 saturated heterocycles. The van der Waals surface area contributed by atoms with E-state index in [-0.39, 0.29) is 0 Å². The molecule has 1 aliphatic rings. The van der Waals surface area contributed by atoms with Crippen molar-refractivity contribution in [3.63, 3.8) is 0 Å². The topological polar surface area (TPSA) is 83.9 Å². The average Bonchev–Trinajstić information content (AvgIpc) is 3.49. The third kappa shape index (κ3) is 5.44. The van der Waals surface area contributed by atoms with Crippen LogP contribution in [0.25, 0.3) is 23.1 Å². The van der Waals surface area contributed by atoms with Gasteiger partial charge in [-0.25, -0.2) is 4.98 Å². The number of aromatic amines is 1. The summed E-state index contributed by atoms with van der Waals surface area (Å²) in [5.74, 6) is 1.06. The van der Waals surface area contributed by atoms with Crippen LogP contribution in [-0.4, -0.2) is 46.0 Å². The minimum Gasteiger partial charge on any atom is -0.361 e. The molecule has 3 aromatic heterocycles. The van der Waals surface area contributed by atoms with E-state index < -0.39 is 0 Å². The smallest absolute Gasteiger partial charge is 0.128 e. The maximum Gasteiger partial charge on any atom is 0.128 e.